The van der Waals surface area contributed by atoms with Gasteiger partial charge in [-0.15, -0.1) is 0 Å². The molecule has 1 aromatic heterocycles. The van der Waals surface area contributed by atoms with E-state index in [0.717, 1.165) is 37.8 Å². The van der Waals surface area contributed by atoms with Gasteiger partial charge in [0.05, 0.1) is 6.54 Å². The zero-order valence-corrected chi connectivity index (χ0v) is 11.3. The Morgan fingerprint density at radius 2 is 2.11 bits per heavy atom. The van der Waals surface area contributed by atoms with Gasteiger partial charge < -0.3 is 5.32 Å². The summed E-state index contributed by atoms with van der Waals surface area (Å²) in [7, 11) is 0. The van der Waals surface area contributed by atoms with Gasteiger partial charge in [-0.2, -0.15) is 5.10 Å². The Hall–Kier alpha value is -0.870. The molecular formula is C14H24N4. The molecule has 4 heteroatoms. The van der Waals surface area contributed by atoms with Crippen molar-refractivity contribution < 1.29 is 0 Å². The van der Waals surface area contributed by atoms with E-state index in [9.17, 15) is 0 Å². The van der Waals surface area contributed by atoms with Gasteiger partial charge in [-0.25, -0.2) is 0 Å². The van der Waals surface area contributed by atoms with Gasteiger partial charge in [-0.05, 0) is 38.3 Å². The zero-order valence-electron chi connectivity index (χ0n) is 11.3. The molecule has 0 amide bonds. The summed E-state index contributed by atoms with van der Waals surface area (Å²) in [6, 6.07) is 4.35. The molecule has 2 fully saturated rings. The van der Waals surface area contributed by atoms with Crippen LogP contribution in [0.25, 0.3) is 0 Å². The van der Waals surface area contributed by atoms with Crippen LogP contribution in [0.4, 0.5) is 0 Å². The maximum Gasteiger partial charge on any atom is 0.0536 e. The number of hydrogen-bond donors (Lipinski definition) is 1. The van der Waals surface area contributed by atoms with Crippen molar-refractivity contribution in [3.63, 3.8) is 0 Å². The monoisotopic (exact) mass is 248 g/mol. The number of piperidine rings is 1. The zero-order chi connectivity index (χ0) is 12.4. The molecule has 2 aliphatic rings. The average molecular weight is 248 g/mol. The van der Waals surface area contributed by atoms with E-state index in [4.69, 9.17) is 0 Å². The molecule has 2 aliphatic heterocycles. The van der Waals surface area contributed by atoms with Gasteiger partial charge in [0.1, 0.15) is 0 Å². The first kappa shape index (κ1) is 12.2. The minimum Gasteiger partial charge on any atom is -0.311 e. The summed E-state index contributed by atoms with van der Waals surface area (Å²) in [6.45, 7) is 5.58. The van der Waals surface area contributed by atoms with E-state index in [1.165, 1.54) is 25.7 Å². The van der Waals surface area contributed by atoms with E-state index in [-0.39, 0.29) is 0 Å². The molecule has 3 heterocycles. The maximum atomic E-state index is 4.29. The molecule has 1 aromatic rings. The van der Waals surface area contributed by atoms with Gasteiger partial charge in [-0.3, -0.25) is 9.58 Å². The Morgan fingerprint density at radius 3 is 2.72 bits per heavy atom. The SMILES string of the molecule is CCN(CCn1cccn1)C1CC2CCC(C1)N2. The second-order valence-corrected chi connectivity index (χ2v) is 5.66. The van der Waals surface area contributed by atoms with Crippen molar-refractivity contribution in [1.29, 1.82) is 0 Å². The molecule has 2 saturated heterocycles. The molecule has 0 aliphatic carbocycles. The summed E-state index contributed by atoms with van der Waals surface area (Å²) in [5.41, 5.74) is 0. The first-order chi connectivity index (χ1) is 8.85. The second kappa shape index (κ2) is 5.41. The lowest BCUT2D eigenvalue weighted by Crippen LogP contribution is -2.48. The molecular weight excluding hydrogens is 224 g/mol. The Bertz CT molecular complexity index is 350. The number of likely N-dealkylation sites (N-methyl/N-ethyl adjacent to an activating group) is 1. The van der Waals surface area contributed by atoms with Crippen LogP contribution in [0.15, 0.2) is 18.5 Å². The fourth-order valence-electron chi connectivity index (χ4n) is 3.59. The van der Waals surface area contributed by atoms with Crippen LogP contribution in [0.3, 0.4) is 0 Å². The highest BCUT2D eigenvalue weighted by molar-refractivity contribution is 4.95. The van der Waals surface area contributed by atoms with Crippen molar-refractivity contribution in [3.8, 4) is 0 Å². The van der Waals surface area contributed by atoms with Crippen molar-refractivity contribution in [2.24, 2.45) is 0 Å². The van der Waals surface area contributed by atoms with Crippen molar-refractivity contribution in [3.05, 3.63) is 18.5 Å². The molecule has 2 unspecified atom stereocenters. The predicted octanol–water partition coefficient (Wildman–Crippen LogP) is 1.49. The summed E-state index contributed by atoms with van der Waals surface area (Å²) in [4.78, 5) is 2.65. The third-order valence-corrected chi connectivity index (χ3v) is 4.55. The maximum absolute atomic E-state index is 4.29. The summed E-state index contributed by atoms with van der Waals surface area (Å²) in [6.07, 6.45) is 9.36. The minimum absolute atomic E-state index is 0.782. The Labute approximate surface area is 109 Å². The van der Waals surface area contributed by atoms with Crippen molar-refractivity contribution >= 4 is 0 Å². The molecule has 0 radical (unpaired) electrons. The van der Waals surface area contributed by atoms with Crippen LogP contribution in [-0.4, -0.2) is 45.9 Å². The fraction of sp³-hybridized carbons (Fsp3) is 0.786. The van der Waals surface area contributed by atoms with E-state index in [1.807, 2.05) is 16.9 Å². The van der Waals surface area contributed by atoms with E-state index in [1.54, 1.807) is 0 Å². The molecule has 2 bridgehead atoms. The van der Waals surface area contributed by atoms with Crippen LogP contribution in [0.2, 0.25) is 0 Å². The van der Waals surface area contributed by atoms with Gasteiger partial charge in [0.15, 0.2) is 0 Å². The average Bonchev–Trinajstić information content (AvgIpc) is 3.00. The van der Waals surface area contributed by atoms with Crippen LogP contribution in [0, 0.1) is 0 Å². The standard InChI is InChI=1S/C14H24N4/c1-2-17(8-9-18-7-3-6-15-18)14-10-12-4-5-13(11-14)16-12/h3,6-7,12-14,16H,2,4-5,8-11H2,1H3. The van der Waals surface area contributed by atoms with Crippen LogP contribution in [0.5, 0.6) is 0 Å². The van der Waals surface area contributed by atoms with Crippen molar-refractivity contribution in [2.75, 3.05) is 13.1 Å². The largest absolute Gasteiger partial charge is 0.311 e. The van der Waals surface area contributed by atoms with Crippen LogP contribution in [0.1, 0.15) is 32.6 Å². The van der Waals surface area contributed by atoms with Gasteiger partial charge in [0.2, 0.25) is 0 Å². The molecule has 0 spiro atoms. The third kappa shape index (κ3) is 2.59. The first-order valence-electron chi connectivity index (χ1n) is 7.32. The Balaban J connectivity index is 1.55. The quantitative estimate of drug-likeness (QED) is 0.857. The highest BCUT2D eigenvalue weighted by Gasteiger charge is 2.35. The highest BCUT2D eigenvalue weighted by atomic mass is 15.3. The van der Waals surface area contributed by atoms with Crippen LogP contribution >= 0.6 is 0 Å². The summed E-state index contributed by atoms with van der Waals surface area (Å²) < 4.78 is 2.04. The summed E-state index contributed by atoms with van der Waals surface area (Å²) >= 11 is 0. The van der Waals surface area contributed by atoms with Crippen molar-refractivity contribution in [1.82, 2.24) is 20.0 Å². The number of fused-ring (bicyclic) bond motifs is 2. The van der Waals surface area contributed by atoms with Gasteiger partial charge in [0.25, 0.3) is 0 Å². The van der Waals surface area contributed by atoms with Gasteiger partial charge in [0, 0.05) is 37.1 Å². The molecule has 3 rings (SSSR count). The predicted molar refractivity (Wildman–Crippen MR) is 72.4 cm³/mol. The van der Waals surface area contributed by atoms with Crippen LogP contribution in [-0.2, 0) is 6.54 Å². The summed E-state index contributed by atoms with van der Waals surface area (Å²) in [5.74, 6) is 0. The normalized spacial score (nSPS) is 31.1. The summed E-state index contributed by atoms with van der Waals surface area (Å²) in [5, 5.41) is 8.01. The number of nitrogens with one attached hydrogen (secondary N) is 1. The van der Waals surface area contributed by atoms with E-state index in [2.05, 4.69) is 28.4 Å². The van der Waals surface area contributed by atoms with Gasteiger partial charge in [-0.1, -0.05) is 6.92 Å². The molecule has 100 valence electrons. The number of aromatic nitrogens is 2. The number of hydrogen-bond acceptors (Lipinski definition) is 3. The van der Waals surface area contributed by atoms with Gasteiger partial charge >= 0.3 is 0 Å². The smallest absolute Gasteiger partial charge is 0.0536 e. The molecule has 2 atom stereocenters. The molecule has 4 nitrogen and oxygen atoms in total. The third-order valence-electron chi connectivity index (χ3n) is 4.55. The lowest BCUT2D eigenvalue weighted by molar-refractivity contribution is 0.141. The molecule has 1 N–H and O–H groups in total. The number of rotatable bonds is 5. The molecule has 0 aromatic carbocycles. The molecule has 18 heavy (non-hydrogen) atoms. The van der Waals surface area contributed by atoms with E-state index >= 15 is 0 Å². The lowest BCUT2D eigenvalue weighted by Gasteiger charge is -2.37. The second-order valence-electron chi connectivity index (χ2n) is 5.66. The highest BCUT2D eigenvalue weighted by Crippen LogP contribution is 2.29. The van der Waals surface area contributed by atoms with Crippen molar-refractivity contribution in [2.45, 2.75) is 57.3 Å². The number of nitrogens with zero attached hydrogens (tertiary/aromatic N) is 3. The van der Waals surface area contributed by atoms with E-state index < -0.39 is 0 Å². The minimum atomic E-state index is 0.782. The van der Waals surface area contributed by atoms with E-state index in [0.29, 0.717) is 0 Å². The van der Waals surface area contributed by atoms with Crippen LogP contribution < -0.4 is 5.32 Å². The lowest BCUT2D eigenvalue weighted by atomic mass is 9.98. The fourth-order valence-corrected chi connectivity index (χ4v) is 3.59. The first-order valence-corrected chi connectivity index (χ1v) is 7.32. The molecule has 0 saturated carbocycles. The Kier molecular flexibility index (Phi) is 3.66. The Morgan fingerprint density at radius 1 is 1.33 bits per heavy atom. The topological polar surface area (TPSA) is 33.1 Å².